The zero-order valence-electron chi connectivity index (χ0n) is 15.3. The summed E-state index contributed by atoms with van der Waals surface area (Å²) in [6.45, 7) is 4.52. The summed E-state index contributed by atoms with van der Waals surface area (Å²) in [5.74, 6) is 1.40. The van der Waals surface area contributed by atoms with Gasteiger partial charge in [-0.3, -0.25) is 4.79 Å². The fraction of sp³-hybridized carbons (Fsp3) is 0.450. The highest BCUT2D eigenvalue weighted by molar-refractivity contribution is 5.89. The van der Waals surface area contributed by atoms with E-state index in [1.807, 2.05) is 13.0 Å². The Bertz CT molecular complexity index is 859. The van der Waals surface area contributed by atoms with Crippen LogP contribution in [0.4, 0.5) is 0 Å². The van der Waals surface area contributed by atoms with E-state index in [4.69, 9.17) is 9.47 Å². The molecule has 2 heterocycles. The van der Waals surface area contributed by atoms with Crippen LogP contribution in [0, 0.1) is 23.2 Å². The van der Waals surface area contributed by atoms with Crippen molar-refractivity contribution in [3.8, 4) is 17.7 Å². The minimum absolute atomic E-state index is 0.0187. The fourth-order valence-electron chi connectivity index (χ4n) is 3.81. The third-order valence-corrected chi connectivity index (χ3v) is 5.18. The van der Waals surface area contributed by atoms with Crippen molar-refractivity contribution in [2.75, 3.05) is 13.7 Å². The molecule has 6 heteroatoms. The van der Waals surface area contributed by atoms with E-state index in [0.717, 1.165) is 23.6 Å². The average molecular weight is 353 g/mol. The second-order valence-electron chi connectivity index (χ2n) is 6.51. The van der Waals surface area contributed by atoms with Crippen LogP contribution in [0.5, 0.6) is 11.6 Å². The lowest BCUT2D eigenvalue weighted by Crippen LogP contribution is -2.34. The fourth-order valence-corrected chi connectivity index (χ4v) is 3.81. The van der Waals surface area contributed by atoms with Gasteiger partial charge >= 0.3 is 0 Å². The largest absolute Gasteiger partial charge is 0.495 e. The van der Waals surface area contributed by atoms with Gasteiger partial charge in [0.2, 0.25) is 11.8 Å². The van der Waals surface area contributed by atoms with Gasteiger partial charge < -0.3 is 14.8 Å². The first-order valence-corrected chi connectivity index (χ1v) is 8.92. The summed E-state index contributed by atoms with van der Waals surface area (Å²) >= 11 is 0. The summed E-state index contributed by atoms with van der Waals surface area (Å²) in [4.78, 5) is 16.5. The molecule has 26 heavy (non-hydrogen) atoms. The van der Waals surface area contributed by atoms with Crippen molar-refractivity contribution in [1.82, 2.24) is 10.3 Å². The van der Waals surface area contributed by atoms with Gasteiger partial charge in [0.15, 0.2) is 0 Å². The maximum absolute atomic E-state index is 12.1. The van der Waals surface area contributed by atoms with Gasteiger partial charge in [0.25, 0.3) is 0 Å². The zero-order valence-corrected chi connectivity index (χ0v) is 15.3. The van der Waals surface area contributed by atoms with E-state index in [2.05, 4.69) is 23.3 Å². The van der Waals surface area contributed by atoms with Crippen molar-refractivity contribution in [2.24, 2.45) is 11.8 Å². The lowest BCUT2D eigenvalue weighted by atomic mass is 9.86. The van der Waals surface area contributed by atoms with Crippen LogP contribution in [0.2, 0.25) is 0 Å². The van der Waals surface area contributed by atoms with E-state index >= 15 is 0 Å². The molecule has 136 valence electrons. The molecule has 1 N–H and O–H groups in total. The van der Waals surface area contributed by atoms with E-state index < -0.39 is 0 Å². The van der Waals surface area contributed by atoms with Crippen molar-refractivity contribution in [3.05, 3.63) is 30.0 Å². The quantitative estimate of drug-likeness (QED) is 0.863. The summed E-state index contributed by atoms with van der Waals surface area (Å²) in [7, 11) is 1.53. The summed E-state index contributed by atoms with van der Waals surface area (Å²) in [6, 6.07) is 7.49. The first-order valence-electron chi connectivity index (χ1n) is 8.92. The molecule has 3 atom stereocenters. The number of benzene rings is 1. The Labute approximate surface area is 153 Å². The van der Waals surface area contributed by atoms with Gasteiger partial charge in [-0.25, -0.2) is 4.98 Å². The number of methoxy groups -OCH3 is 1. The molecule has 0 radical (unpaired) electrons. The highest BCUT2D eigenvalue weighted by Crippen LogP contribution is 2.32. The summed E-state index contributed by atoms with van der Waals surface area (Å²) < 4.78 is 11.3. The van der Waals surface area contributed by atoms with Gasteiger partial charge in [-0.05, 0) is 35.9 Å². The van der Waals surface area contributed by atoms with Crippen LogP contribution in [0.15, 0.2) is 24.4 Å². The number of amides is 1. The maximum Gasteiger partial charge on any atom is 0.223 e. The molecule has 0 spiro atoms. The molecule has 1 fully saturated rings. The second kappa shape index (κ2) is 7.61. The van der Waals surface area contributed by atoms with Crippen molar-refractivity contribution in [3.63, 3.8) is 0 Å². The molecule has 1 aliphatic heterocycles. The molecule has 1 saturated heterocycles. The highest BCUT2D eigenvalue weighted by atomic mass is 16.5. The summed E-state index contributed by atoms with van der Waals surface area (Å²) in [6.07, 6.45) is 3.42. The van der Waals surface area contributed by atoms with Gasteiger partial charge in [0.05, 0.1) is 18.7 Å². The Morgan fingerprint density at radius 1 is 1.31 bits per heavy atom. The molecule has 2 aromatic rings. The first kappa shape index (κ1) is 18.0. The number of aromatic nitrogens is 1. The van der Waals surface area contributed by atoms with Crippen molar-refractivity contribution in [2.45, 2.75) is 32.7 Å². The van der Waals surface area contributed by atoms with E-state index in [1.165, 1.54) is 7.11 Å². The molecular formula is C20H23N3O3. The molecule has 6 nitrogen and oxygen atoms in total. The van der Waals surface area contributed by atoms with Crippen molar-refractivity contribution < 1.29 is 14.3 Å². The highest BCUT2D eigenvalue weighted by Gasteiger charge is 2.40. The Kier molecular flexibility index (Phi) is 5.27. The van der Waals surface area contributed by atoms with Crippen LogP contribution >= 0.6 is 0 Å². The number of hydrogen-bond acceptors (Lipinski definition) is 5. The van der Waals surface area contributed by atoms with E-state index in [0.29, 0.717) is 23.8 Å². The number of rotatable bonds is 6. The normalized spacial score (nSPS) is 22.1. The van der Waals surface area contributed by atoms with Gasteiger partial charge in [-0.15, -0.1) is 0 Å². The monoisotopic (exact) mass is 353 g/mol. The van der Waals surface area contributed by atoms with Gasteiger partial charge in [0, 0.05) is 17.5 Å². The lowest BCUT2D eigenvalue weighted by molar-refractivity contribution is -0.123. The Morgan fingerprint density at radius 2 is 2.12 bits per heavy atom. The summed E-state index contributed by atoms with van der Waals surface area (Å²) in [5.41, 5.74) is 0.469. The molecule has 0 bridgehead atoms. The third kappa shape index (κ3) is 3.17. The maximum atomic E-state index is 12.1. The standard InChI is InChI=1S/C20H23N3O3/c1-4-14-15(5-2)19(24)23-17(14)11-26-20-16-9-18(25-3)13(10-21)8-12(16)6-7-22-20/h6-9,14-15,17H,4-5,11H2,1-3H3,(H,23,24)/t14-,15-,17-/m1/s1. The zero-order chi connectivity index (χ0) is 18.7. The number of ether oxygens (including phenoxy) is 2. The van der Waals surface area contributed by atoms with Gasteiger partial charge in [-0.2, -0.15) is 5.26 Å². The molecule has 0 aliphatic carbocycles. The van der Waals surface area contributed by atoms with E-state index in [-0.39, 0.29) is 23.8 Å². The average Bonchev–Trinajstić information content (AvgIpc) is 2.99. The van der Waals surface area contributed by atoms with Crippen molar-refractivity contribution >= 4 is 16.7 Å². The Balaban J connectivity index is 1.85. The number of fused-ring (bicyclic) bond motifs is 1. The van der Waals surface area contributed by atoms with Crippen LogP contribution in [0.3, 0.4) is 0 Å². The minimum Gasteiger partial charge on any atom is -0.495 e. The van der Waals surface area contributed by atoms with E-state index in [1.54, 1.807) is 18.3 Å². The summed E-state index contributed by atoms with van der Waals surface area (Å²) in [5, 5.41) is 13.9. The number of carbonyl (C=O) groups excluding carboxylic acids is 1. The number of nitriles is 1. The van der Waals surface area contributed by atoms with Crippen LogP contribution in [0.25, 0.3) is 10.8 Å². The van der Waals surface area contributed by atoms with Gasteiger partial charge in [0.1, 0.15) is 18.4 Å². The molecule has 0 unspecified atom stereocenters. The predicted octanol–water partition coefficient (Wildman–Crippen LogP) is 3.04. The SMILES string of the molecule is CC[C@H]1[C@@H](COc2nccc3cc(C#N)c(OC)cc23)NC(=O)[C@@H]1CC. The topological polar surface area (TPSA) is 84.2 Å². The van der Waals surface area contributed by atoms with Crippen molar-refractivity contribution in [1.29, 1.82) is 5.26 Å². The van der Waals surface area contributed by atoms with E-state index in [9.17, 15) is 10.1 Å². The molecule has 0 saturated carbocycles. The molecule has 1 aromatic heterocycles. The van der Waals surface area contributed by atoms with Crippen LogP contribution < -0.4 is 14.8 Å². The Hall–Kier alpha value is -2.81. The molecule has 1 aliphatic rings. The smallest absolute Gasteiger partial charge is 0.223 e. The van der Waals surface area contributed by atoms with Gasteiger partial charge in [-0.1, -0.05) is 20.3 Å². The molecule has 1 amide bonds. The number of nitrogens with zero attached hydrogens (tertiary/aromatic N) is 2. The lowest BCUT2D eigenvalue weighted by Gasteiger charge is -2.21. The van der Waals surface area contributed by atoms with Crippen LogP contribution in [-0.4, -0.2) is 30.6 Å². The molecule has 1 aromatic carbocycles. The molecule has 3 rings (SSSR count). The Morgan fingerprint density at radius 3 is 2.77 bits per heavy atom. The van der Waals surface area contributed by atoms with Crippen LogP contribution in [0.1, 0.15) is 32.3 Å². The number of hydrogen-bond donors (Lipinski definition) is 1. The number of nitrogens with one attached hydrogen (secondary N) is 1. The predicted molar refractivity (Wildman–Crippen MR) is 98.0 cm³/mol. The number of carbonyl (C=O) groups is 1. The van der Waals surface area contributed by atoms with Crippen LogP contribution in [-0.2, 0) is 4.79 Å². The minimum atomic E-state index is -0.0187. The molecular weight excluding hydrogens is 330 g/mol. The third-order valence-electron chi connectivity index (χ3n) is 5.18. The second-order valence-corrected chi connectivity index (χ2v) is 6.51. The first-order chi connectivity index (χ1) is 12.6. The number of pyridine rings is 1.